The Labute approximate surface area is 203 Å². The predicted molar refractivity (Wildman–Crippen MR) is 128 cm³/mol. The molecule has 3 aromatic rings. The van der Waals surface area contributed by atoms with Gasteiger partial charge in [-0.15, -0.1) is 0 Å². The highest BCUT2D eigenvalue weighted by atomic mass is 32.1. The van der Waals surface area contributed by atoms with Crippen molar-refractivity contribution in [2.75, 3.05) is 0 Å². The van der Waals surface area contributed by atoms with Crippen LogP contribution in [0.5, 0.6) is 11.6 Å². The number of thiocarbonyl (C=S) groups is 1. The number of nitrogens with zero attached hydrogens (tertiary/aromatic N) is 3. The first-order chi connectivity index (χ1) is 16.7. The second-order valence-electron chi connectivity index (χ2n) is 7.38. The van der Waals surface area contributed by atoms with Crippen LogP contribution in [0.3, 0.4) is 0 Å². The zero-order valence-corrected chi connectivity index (χ0v) is 18.9. The molecule has 0 atom stereocenters. The van der Waals surface area contributed by atoms with Crippen LogP contribution in [-0.4, -0.2) is 37.4 Å². The van der Waals surface area contributed by atoms with Crippen molar-refractivity contribution in [3.8, 4) is 17.3 Å². The fourth-order valence-electron chi connectivity index (χ4n) is 3.34. The Kier molecular flexibility index (Phi) is 6.46. The van der Waals surface area contributed by atoms with Crippen LogP contribution in [0.4, 0.5) is 5.69 Å². The second kappa shape index (κ2) is 9.65. The molecule has 4 rings (SSSR count). The first-order valence-corrected chi connectivity index (χ1v) is 10.6. The highest BCUT2D eigenvalue weighted by Gasteiger charge is 2.37. The molecule has 1 aromatic heterocycles. The minimum atomic E-state index is -1.58. The molecule has 1 fully saturated rings. The molecule has 1 aliphatic heterocycles. The normalized spacial score (nSPS) is 14.0. The molecule has 0 spiro atoms. The number of aromatic nitrogens is 2. The molecule has 1 aliphatic rings. The van der Waals surface area contributed by atoms with Crippen molar-refractivity contribution in [2.45, 2.75) is 6.92 Å². The lowest BCUT2D eigenvalue weighted by molar-refractivity contribution is -0.384. The van der Waals surface area contributed by atoms with Crippen LogP contribution in [-0.2, 0) is 14.4 Å². The molecule has 0 unspecified atom stereocenters. The molecule has 2 heterocycles. The molecule has 2 amide bonds. The summed E-state index contributed by atoms with van der Waals surface area (Å²) in [5, 5.41) is 19.8. The van der Waals surface area contributed by atoms with Gasteiger partial charge < -0.3 is 15.4 Å². The van der Waals surface area contributed by atoms with E-state index in [0.717, 1.165) is 6.08 Å². The highest BCUT2D eigenvalue weighted by molar-refractivity contribution is 7.80. The minimum Gasteiger partial charge on any atom is -0.438 e. The van der Waals surface area contributed by atoms with Gasteiger partial charge in [0.05, 0.1) is 21.9 Å². The molecule has 0 radical (unpaired) electrons. The van der Waals surface area contributed by atoms with Crippen LogP contribution in [0.2, 0.25) is 0 Å². The maximum atomic E-state index is 12.7. The van der Waals surface area contributed by atoms with Crippen LogP contribution >= 0.6 is 12.2 Å². The predicted octanol–water partition coefficient (Wildman–Crippen LogP) is 2.61. The molecule has 35 heavy (non-hydrogen) atoms. The minimum absolute atomic E-state index is 0.0978. The average Bonchev–Trinajstić information content (AvgIpc) is 3.12. The lowest BCUT2D eigenvalue weighted by atomic mass is 9.99. The summed E-state index contributed by atoms with van der Waals surface area (Å²) >= 11 is 4.75. The van der Waals surface area contributed by atoms with E-state index in [4.69, 9.17) is 17.0 Å². The number of carbonyl (C=O) groups excluding carboxylic acids is 3. The van der Waals surface area contributed by atoms with Crippen molar-refractivity contribution >= 4 is 46.7 Å². The topological polar surface area (TPSA) is 145 Å². The Balaban J connectivity index is 1.71. The molecule has 2 N–H and O–H groups in total. The van der Waals surface area contributed by atoms with Gasteiger partial charge in [-0.1, -0.05) is 18.2 Å². The Morgan fingerprint density at radius 1 is 1.11 bits per heavy atom. The maximum absolute atomic E-state index is 12.7. The SMILES string of the molecule is Cc1nn(-c2ccccc2)c(Oc2ccc([N+](=O)[O-])cc2)c1/C=C/C(=O)C1C(=O)NC(=S)NC1=O. The number of nitrogens with one attached hydrogen (secondary N) is 2. The molecule has 0 bridgehead atoms. The molecule has 12 heteroatoms. The van der Waals surface area contributed by atoms with Crippen molar-refractivity contribution in [1.29, 1.82) is 0 Å². The average molecular weight is 491 g/mol. The van der Waals surface area contributed by atoms with Gasteiger partial charge in [0.1, 0.15) is 5.75 Å². The van der Waals surface area contributed by atoms with Crippen LogP contribution in [0, 0.1) is 23.0 Å². The van der Waals surface area contributed by atoms with Gasteiger partial charge in [-0.05, 0) is 55.6 Å². The second-order valence-corrected chi connectivity index (χ2v) is 7.79. The van der Waals surface area contributed by atoms with Gasteiger partial charge in [0, 0.05) is 12.1 Å². The first kappa shape index (κ1) is 23.4. The highest BCUT2D eigenvalue weighted by Crippen LogP contribution is 2.32. The monoisotopic (exact) mass is 491 g/mol. The summed E-state index contributed by atoms with van der Waals surface area (Å²) in [7, 11) is 0. The van der Waals surface area contributed by atoms with Crippen molar-refractivity contribution in [2.24, 2.45) is 5.92 Å². The van der Waals surface area contributed by atoms with Crippen molar-refractivity contribution in [1.82, 2.24) is 20.4 Å². The molecule has 2 aromatic carbocycles. The van der Waals surface area contributed by atoms with E-state index in [9.17, 15) is 24.5 Å². The molecule has 176 valence electrons. The Hall–Kier alpha value is -4.71. The fourth-order valence-corrected chi connectivity index (χ4v) is 3.54. The van der Waals surface area contributed by atoms with E-state index in [1.165, 1.54) is 35.0 Å². The quantitative estimate of drug-likeness (QED) is 0.169. The van der Waals surface area contributed by atoms with Crippen molar-refractivity contribution < 1.29 is 24.0 Å². The number of nitro benzene ring substituents is 1. The summed E-state index contributed by atoms with van der Waals surface area (Å²) in [6, 6.07) is 14.5. The van der Waals surface area contributed by atoms with Gasteiger partial charge in [-0.25, -0.2) is 0 Å². The summed E-state index contributed by atoms with van der Waals surface area (Å²) in [5.41, 5.74) is 1.47. The van der Waals surface area contributed by atoms with Crippen molar-refractivity contribution in [3.05, 3.63) is 82.0 Å². The van der Waals surface area contributed by atoms with Crippen LogP contribution in [0.25, 0.3) is 11.8 Å². The molecule has 1 saturated heterocycles. The number of allylic oxidation sites excluding steroid dienone is 1. The number of ketones is 1. The van der Waals surface area contributed by atoms with E-state index in [-0.39, 0.29) is 16.7 Å². The number of amides is 2. The summed E-state index contributed by atoms with van der Waals surface area (Å²) < 4.78 is 7.54. The number of benzene rings is 2. The van der Waals surface area contributed by atoms with E-state index >= 15 is 0 Å². The zero-order valence-electron chi connectivity index (χ0n) is 18.1. The molecular weight excluding hydrogens is 474 g/mol. The van der Waals surface area contributed by atoms with Crippen LogP contribution < -0.4 is 15.4 Å². The van der Waals surface area contributed by atoms with Gasteiger partial charge in [-0.2, -0.15) is 9.78 Å². The number of nitro groups is 1. The number of non-ortho nitro benzene ring substituents is 1. The summed E-state index contributed by atoms with van der Waals surface area (Å²) in [5.74, 6) is -3.43. The van der Waals surface area contributed by atoms with Gasteiger partial charge in [0.2, 0.25) is 17.7 Å². The molecule has 0 saturated carbocycles. The van der Waals surface area contributed by atoms with Gasteiger partial charge in [0.25, 0.3) is 5.69 Å². The van der Waals surface area contributed by atoms with Gasteiger partial charge in [-0.3, -0.25) is 24.5 Å². The third kappa shape index (κ3) is 4.96. The zero-order chi connectivity index (χ0) is 25.1. The molecule has 0 aliphatic carbocycles. The fraction of sp³-hybridized carbons (Fsp3) is 0.0870. The Morgan fingerprint density at radius 3 is 2.34 bits per heavy atom. The van der Waals surface area contributed by atoms with Crippen molar-refractivity contribution in [3.63, 3.8) is 0 Å². The van der Waals surface area contributed by atoms with E-state index in [1.807, 2.05) is 18.2 Å². The van der Waals surface area contributed by atoms with E-state index in [0.29, 0.717) is 22.7 Å². The number of hydrogen-bond acceptors (Lipinski definition) is 8. The largest absolute Gasteiger partial charge is 0.438 e. The lowest BCUT2D eigenvalue weighted by Crippen LogP contribution is -2.57. The third-order valence-corrected chi connectivity index (χ3v) is 5.23. The Morgan fingerprint density at radius 2 is 1.74 bits per heavy atom. The van der Waals surface area contributed by atoms with E-state index in [2.05, 4.69) is 15.7 Å². The summed E-state index contributed by atoms with van der Waals surface area (Å²) in [6.45, 7) is 1.70. The van der Waals surface area contributed by atoms with Crippen LogP contribution in [0.15, 0.2) is 60.7 Å². The lowest BCUT2D eigenvalue weighted by Gasteiger charge is -2.20. The number of hydrogen-bond donors (Lipinski definition) is 2. The number of ether oxygens (including phenoxy) is 1. The molecular formula is C23H17N5O6S. The van der Waals surface area contributed by atoms with E-state index in [1.54, 1.807) is 19.1 Å². The third-order valence-electron chi connectivity index (χ3n) is 5.02. The summed E-state index contributed by atoms with van der Waals surface area (Å²) in [6.07, 6.45) is 2.50. The van der Waals surface area contributed by atoms with Crippen LogP contribution in [0.1, 0.15) is 11.3 Å². The molecule has 11 nitrogen and oxygen atoms in total. The van der Waals surface area contributed by atoms with Gasteiger partial charge in [0.15, 0.2) is 16.8 Å². The van der Waals surface area contributed by atoms with E-state index < -0.39 is 28.4 Å². The first-order valence-electron chi connectivity index (χ1n) is 10.2. The summed E-state index contributed by atoms with van der Waals surface area (Å²) in [4.78, 5) is 47.3. The number of rotatable bonds is 7. The smallest absolute Gasteiger partial charge is 0.269 e. The van der Waals surface area contributed by atoms with Gasteiger partial charge >= 0.3 is 0 Å². The standard InChI is InChI=1S/C23H17N5O6S/c1-13-17(11-12-18(29)19-20(30)24-23(35)25-21(19)31)22(27(26-13)14-5-3-2-4-6-14)34-16-9-7-15(8-10-16)28(32)33/h2-12,19H,1H3,(H2,24,25,30,31,35)/b12-11+. The Bertz CT molecular complexity index is 1360. The number of carbonyl (C=O) groups is 3. The maximum Gasteiger partial charge on any atom is 0.269 e. The number of para-hydroxylation sites is 1. The number of aryl methyl sites for hydroxylation is 1.